The van der Waals surface area contributed by atoms with Gasteiger partial charge in [0.2, 0.25) is 11.1 Å². The molecule has 24 heavy (non-hydrogen) atoms. The van der Waals surface area contributed by atoms with E-state index in [1.807, 2.05) is 12.1 Å². The Bertz CT molecular complexity index is 662. The molecule has 0 radical (unpaired) electrons. The van der Waals surface area contributed by atoms with E-state index in [-0.39, 0.29) is 5.91 Å². The lowest BCUT2D eigenvalue weighted by atomic mass is 10.0. The number of hydrogen-bond donors (Lipinski definition) is 2. The molecule has 1 saturated carbocycles. The van der Waals surface area contributed by atoms with Gasteiger partial charge in [-0.3, -0.25) is 9.89 Å². The summed E-state index contributed by atoms with van der Waals surface area (Å²) in [6.45, 7) is 2.61. The topological polar surface area (TPSA) is 70.7 Å². The van der Waals surface area contributed by atoms with Crippen molar-refractivity contribution in [1.29, 1.82) is 0 Å². The van der Waals surface area contributed by atoms with E-state index in [4.69, 9.17) is 0 Å². The Morgan fingerprint density at radius 3 is 2.79 bits per heavy atom. The van der Waals surface area contributed by atoms with Gasteiger partial charge in [0, 0.05) is 13.0 Å². The second-order valence-electron chi connectivity index (χ2n) is 6.47. The molecule has 2 aromatic rings. The minimum Gasteiger partial charge on any atom is -0.351 e. The van der Waals surface area contributed by atoms with Crippen LogP contribution < -0.4 is 5.32 Å². The van der Waals surface area contributed by atoms with Crippen molar-refractivity contribution in [3.8, 4) is 0 Å². The van der Waals surface area contributed by atoms with Gasteiger partial charge in [0.15, 0.2) is 0 Å². The highest BCUT2D eigenvalue weighted by molar-refractivity contribution is 7.99. The average Bonchev–Trinajstić information content (AvgIpc) is 3.25. The van der Waals surface area contributed by atoms with Crippen LogP contribution in [-0.2, 0) is 17.8 Å². The summed E-state index contributed by atoms with van der Waals surface area (Å²) in [7, 11) is 0. The molecule has 6 heteroatoms. The summed E-state index contributed by atoms with van der Waals surface area (Å²) in [5, 5.41) is 10.8. The van der Waals surface area contributed by atoms with Gasteiger partial charge in [0.1, 0.15) is 5.82 Å². The van der Waals surface area contributed by atoms with Gasteiger partial charge < -0.3 is 5.32 Å². The Morgan fingerprint density at radius 1 is 1.29 bits per heavy atom. The molecule has 1 amide bonds. The number of aromatic nitrogens is 3. The number of H-pyrrole nitrogens is 1. The van der Waals surface area contributed by atoms with Crippen molar-refractivity contribution < 1.29 is 4.79 Å². The SMILES string of the molecule is Cc1ccc(CNC(=O)CSc2n[nH]c(CC3CCCC3)n2)cc1. The quantitative estimate of drug-likeness (QED) is 0.756. The lowest BCUT2D eigenvalue weighted by molar-refractivity contribution is -0.118. The van der Waals surface area contributed by atoms with Crippen molar-refractivity contribution in [3.05, 3.63) is 41.2 Å². The first-order valence-electron chi connectivity index (χ1n) is 8.55. The van der Waals surface area contributed by atoms with Crippen molar-refractivity contribution in [2.45, 2.75) is 50.7 Å². The maximum atomic E-state index is 11.9. The molecule has 0 saturated heterocycles. The van der Waals surface area contributed by atoms with Crippen LogP contribution in [0.4, 0.5) is 0 Å². The molecule has 3 rings (SSSR count). The van der Waals surface area contributed by atoms with E-state index in [1.54, 1.807) is 0 Å². The molecule has 2 N–H and O–H groups in total. The van der Waals surface area contributed by atoms with Crippen LogP contribution in [0, 0.1) is 12.8 Å². The smallest absolute Gasteiger partial charge is 0.230 e. The number of nitrogens with zero attached hydrogens (tertiary/aromatic N) is 2. The minimum absolute atomic E-state index is 0.00252. The van der Waals surface area contributed by atoms with Crippen LogP contribution in [0.5, 0.6) is 0 Å². The zero-order chi connectivity index (χ0) is 16.8. The van der Waals surface area contributed by atoms with Gasteiger partial charge in [-0.1, -0.05) is 67.3 Å². The lowest BCUT2D eigenvalue weighted by Crippen LogP contribution is -2.24. The van der Waals surface area contributed by atoms with E-state index in [0.717, 1.165) is 23.7 Å². The van der Waals surface area contributed by atoms with Crippen molar-refractivity contribution in [2.75, 3.05) is 5.75 Å². The lowest BCUT2D eigenvalue weighted by Gasteiger charge is -2.05. The summed E-state index contributed by atoms with van der Waals surface area (Å²) in [4.78, 5) is 16.4. The molecule has 1 heterocycles. The number of carbonyl (C=O) groups is 1. The fourth-order valence-electron chi connectivity index (χ4n) is 3.01. The van der Waals surface area contributed by atoms with Crippen LogP contribution in [0.1, 0.15) is 42.6 Å². The number of rotatable bonds is 7. The number of amides is 1. The Kier molecular flexibility index (Phi) is 5.91. The summed E-state index contributed by atoms with van der Waals surface area (Å²) in [6, 6.07) is 8.17. The highest BCUT2D eigenvalue weighted by Gasteiger charge is 2.17. The summed E-state index contributed by atoms with van der Waals surface area (Å²) in [5.74, 6) is 2.04. The second-order valence-corrected chi connectivity index (χ2v) is 7.41. The van der Waals surface area contributed by atoms with E-state index >= 15 is 0 Å². The molecular weight excluding hydrogens is 320 g/mol. The van der Waals surface area contributed by atoms with Gasteiger partial charge >= 0.3 is 0 Å². The normalized spacial score (nSPS) is 14.9. The van der Waals surface area contributed by atoms with E-state index in [1.165, 1.54) is 43.0 Å². The van der Waals surface area contributed by atoms with Crippen LogP contribution in [-0.4, -0.2) is 26.8 Å². The first-order valence-corrected chi connectivity index (χ1v) is 9.54. The third-order valence-corrected chi connectivity index (χ3v) is 5.26. The Hall–Kier alpha value is -1.82. The molecule has 0 aliphatic heterocycles. The molecule has 1 aliphatic rings. The number of carbonyl (C=O) groups excluding carboxylic acids is 1. The molecule has 1 aromatic heterocycles. The van der Waals surface area contributed by atoms with E-state index < -0.39 is 0 Å². The zero-order valence-electron chi connectivity index (χ0n) is 14.0. The molecule has 0 spiro atoms. The van der Waals surface area contributed by atoms with Crippen LogP contribution in [0.2, 0.25) is 0 Å². The first-order chi connectivity index (χ1) is 11.7. The summed E-state index contributed by atoms with van der Waals surface area (Å²) >= 11 is 1.38. The number of thioether (sulfide) groups is 1. The fourth-order valence-corrected chi connectivity index (χ4v) is 3.66. The number of benzene rings is 1. The van der Waals surface area contributed by atoms with Gasteiger partial charge in [-0.25, -0.2) is 4.98 Å². The molecule has 0 unspecified atom stereocenters. The highest BCUT2D eigenvalue weighted by atomic mass is 32.2. The van der Waals surface area contributed by atoms with E-state index in [0.29, 0.717) is 17.5 Å². The average molecular weight is 344 g/mol. The zero-order valence-corrected chi connectivity index (χ0v) is 14.9. The molecule has 0 atom stereocenters. The third-order valence-electron chi connectivity index (χ3n) is 4.41. The summed E-state index contributed by atoms with van der Waals surface area (Å²) < 4.78 is 0. The Morgan fingerprint density at radius 2 is 2.04 bits per heavy atom. The molecule has 5 nitrogen and oxygen atoms in total. The summed E-state index contributed by atoms with van der Waals surface area (Å²) in [6.07, 6.45) is 6.24. The molecule has 1 aromatic carbocycles. The number of aryl methyl sites for hydroxylation is 1. The second kappa shape index (κ2) is 8.33. The van der Waals surface area contributed by atoms with Crippen molar-refractivity contribution in [3.63, 3.8) is 0 Å². The van der Waals surface area contributed by atoms with E-state index in [2.05, 4.69) is 39.6 Å². The maximum Gasteiger partial charge on any atom is 0.230 e. The van der Waals surface area contributed by atoms with Crippen molar-refractivity contribution >= 4 is 17.7 Å². The molecular formula is C18H24N4OS. The minimum atomic E-state index is 0.00252. The van der Waals surface area contributed by atoms with Crippen molar-refractivity contribution in [1.82, 2.24) is 20.5 Å². The van der Waals surface area contributed by atoms with Crippen LogP contribution in [0.25, 0.3) is 0 Å². The predicted octanol–water partition coefficient (Wildman–Crippen LogP) is 3.25. The molecule has 1 aliphatic carbocycles. The highest BCUT2D eigenvalue weighted by Crippen LogP contribution is 2.27. The molecule has 1 fully saturated rings. The van der Waals surface area contributed by atoms with Crippen LogP contribution in [0.15, 0.2) is 29.4 Å². The van der Waals surface area contributed by atoms with E-state index in [9.17, 15) is 4.79 Å². The fraction of sp³-hybridized carbons (Fsp3) is 0.500. The van der Waals surface area contributed by atoms with Crippen LogP contribution >= 0.6 is 11.8 Å². The monoisotopic (exact) mass is 344 g/mol. The van der Waals surface area contributed by atoms with Gasteiger partial charge in [-0.05, 0) is 18.4 Å². The predicted molar refractivity (Wildman–Crippen MR) is 95.8 cm³/mol. The Labute approximate surface area is 147 Å². The number of hydrogen-bond acceptors (Lipinski definition) is 4. The maximum absolute atomic E-state index is 11.9. The first kappa shape index (κ1) is 17.0. The third kappa shape index (κ3) is 5.09. The van der Waals surface area contributed by atoms with Gasteiger partial charge in [0.05, 0.1) is 5.75 Å². The molecule has 0 bridgehead atoms. The molecule has 128 valence electrons. The van der Waals surface area contributed by atoms with Gasteiger partial charge in [-0.15, -0.1) is 5.10 Å². The summed E-state index contributed by atoms with van der Waals surface area (Å²) in [5.41, 5.74) is 2.33. The Balaban J connectivity index is 1.39. The largest absolute Gasteiger partial charge is 0.351 e. The van der Waals surface area contributed by atoms with Gasteiger partial charge in [0.25, 0.3) is 0 Å². The van der Waals surface area contributed by atoms with Crippen molar-refractivity contribution in [2.24, 2.45) is 5.92 Å². The number of nitrogens with one attached hydrogen (secondary N) is 2. The van der Waals surface area contributed by atoms with Crippen LogP contribution in [0.3, 0.4) is 0 Å². The standard InChI is InChI=1S/C18H24N4OS/c1-13-6-8-15(9-7-13)11-19-17(23)12-24-18-20-16(21-22-18)10-14-4-2-3-5-14/h6-9,14H,2-5,10-12H2,1H3,(H,19,23)(H,20,21,22). The van der Waals surface area contributed by atoms with Gasteiger partial charge in [-0.2, -0.15) is 0 Å². The number of aromatic amines is 1.